The van der Waals surface area contributed by atoms with Crippen molar-refractivity contribution >= 4 is 0 Å². The summed E-state index contributed by atoms with van der Waals surface area (Å²) in [5.41, 5.74) is 1.18. The lowest BCUT2D eigenvalue weighted by Gasteiger charge is -2.22. The van der Waals surface area contributed by atoms with Gasteiger partial charge in [0, 0.05) is 26.0 Å². The molecule has 1 saturated carbocycles. The van der Waals surface area contributed by atoms with Gasteiger partial charge in [0.15, 0.2) is 0 Å². The van der Waals surface area contributed by atoms with Crippen LogP contribution in [0.15, 0.2) is 12.3 Å². The fourth-order valence-corrected chi connectivity index (χ4v) is 3.20. The van der Waals surface area contributed by atoms with Crippen LogP contribution in [-0.2, 0) is 11.3 Å². The molecule has 2 aliphatic rings. The van der Waals surface area contributed by atoms with Crippen molar-refractivity contribution in [3.8, 4) is 0 Å². The Hall–Kier alpha value is -0.870. The zero-order valence-electron chi connectivity index (χ0n) is 11.7. The number of rotatable bonds is 5. The quantitative estimate of drug-likeness (QED) is 0.887. The Morgan fingerprint density at radius 1 is 1.21 bits per heavy atom. The smallest absolute Gasteiger partial charge is 0.0762 e. The summed E-state index contributed by atoms with van der Waals surface area (Å²) in [5, 5.41) is 8.25. The summed E-state index contributed by atoms with van der Waals surface area (Å²) in [6.07, 6.45) is 9.88. The fraction of sp³-hybridized carbons (Fsp3) is 0.800. The first-order valence-electron chi connectivity index (χ1n) is 7.74. The molecule has 1 saturated heterocycles. The molecule has 0 aromatic carbocycles. The van der Waals surface area contributed by atoms with Crippen molar-refractivity contribution in [1.29, 1.82) is 0 Å². The van der Waals surface area contributed by atoms with E-state index >= 15 is 0 Å². The van der Waals surface area contributed by atoms with Crippen molar-refractivity contribution < 1.29 is 4.74 Å². The van der Waals surface area contributed by atoms with Gasteiger partial charge in [0.25, 0.3) is 0 Å². The molecule has 2 heterocycles. The van der Waals surface area contributed by atoms with E-state index in [1.165, 1.54) is 44.2 Å². The molecule has 4 heteroatoms. The van der Waals surface area contributed by atoms with Crippen LogP contribution in [0.2, 0.25) is 0 Å². The van der Waals surface area contributed by atoms with Gasteiger partial charge in [-0.2, -0.15) is 5.10 Å². The summed E-state index contributed by atoms with van der Waals surface area (Å²) in [5.74, 6) is 0.783. The van der Waals surface area contributed by atoms with E-state index in [4.69, 9.17) is 9.84 Å². The van der Waals surface area contributed by atoms with E-state index < -0.39 is 0 Å². The third-order valence-electron chi connectivity index (χ3n) is 4.44. The van der Waals surface area contributed by atoms with Crippen LogP contribution < -0.4 is 5.32 Å². The van der Waals surface area contributed by atoms with Crippen LogP contribution in [0.25, 0.3) is 0 Å². The van der Waals surface area contributed by atoms with Crippen molar-refractivity contribution in [2.75, 3.05) is 19.8 Å². The number of ether oxygens (including phenoxy) is 1. The van der Waals surface area contributed by atoms with E-state index in [1.807, 2.05) is 0 Å². The Kier molecular flexibility index (Phi) is 4.51. The standard InChI is InChI=1S/C15H25N3O/c1-2-4-15(3-1)18-8-5-14(17-18)12-16-11-13-6-9-19-10-7-13/h5,8,13,15-16H,1-4,6-7,9-12H2. The van der Waals surface area contributed by atoms with Gasteiger partial charge < -0.3 is 10.1 Å². The average Bonchev–Trinajstić information content (AvgIpc) is 3.10. The minimum atomic E-state index is 0.657. The summed E-state index contributed by atoms with van der Waals surface area (Å²) in [7, 11) is 0. The van der Waals surface area contributed by atoms with Gasteiger partial charge in [-0.1, -0.05) is 12.8 Å². The van der Waals surface area contributed by atoms with Crippen molar-refractivity contribution in [3.63, 3.8) is 0 Å². The second-order valence-electron chi connectivity index (χ2n) is 5.91. The van der Waals surface area contributed by atoms with Crippen LogP contribution in [-0.4, -0.2) is 29.5 Å². The summed E-state index contributed by atoms with van der Waals surface area (Å²) >= 11 is 0. The Morgan fingerprint density at radius 3 is 2.79 bits per heavy atom. The number of nitrogens with zero attached hydrogens (tertiary/aromatic N) is 2. The van der Waals surface area contributed by atoms with Gasteiger partial charge in [-0.15, -0.1) is 0 Å². The molecule has 0 bridgehead atoms. The topological polar surface area (TPSA) is 39.1 Å². The third kappa shape index (κ3) is 3.57. The monoisotopic (exact) mass is 263 g/mol. The third-order valence-corrected chi connectivity index (χ3v) is 4.44. The van der Waals surface area contributed by atoms with Gasteiger partial charge in [0.05, 0.1) is 11.7 Å². The second-order valence-corrected chi connectivity index (χ2v) is 5.91. The van der Waals surface area contributed by atoms with Gasteiger partial charge >= 0.3 is 0 Å². The van der Waals surface area contributed by atoms with E-state index in [9.17, 15) is 0 Å². The van der Waals surface area contributed by atoms with Gasteiger partial charge in [-0.3, -0.25) is 4.68 Å². The molecular formula is C15H25N3O. The molecule has 106 valence electrons. The number of aromatic nitrogens is 2. The van der Waals surface area contributed by atoms with E-state index in [1.54, 1.807) is 0 Å². The Bertz CT molecular complexity index is 378. The molecule has 1 aromatic heterocycles. The maximum Gasteiger partial charge on any atom is 0.0762 e. The predicted octanol–water partition coefficient (Wildman–Crippen LogP) is 2.51. The molecule has 1 N–H and O–H groups in total. The molecule has 0 spiro atoms. The van der Waals surface area contributed by atoms with Crippen LogP contribution in [0.1, 0.15) is 50.3 Å². The largest absolute Gasteiger partial charge is 0.381 e. The average molecular weight is 263 g/mol. The van der Waals surface area contributed by atoms with E-state index in [-0.39, 0.29) is 0 Å². The minimum absolute atomic E-state index is 0.657. The van der Waals surface area contributed by atoms with Gasteiger partial charge in [-0.05, 0) is 44.2 Å². The fourth-order valence-electron chi connectivity index (χ4n) is 3.20. The first-order chi connectivity index (χ1) is 9.42. The normalized spacial score (nSPS) is 22.1. The molecular weight excluding hydrogens is 238 g/mol. The van der Waals surface area contributed by atoms with Crippen LogP contribution in [0, 0.1) is 5.92 Å². The van der Waals surface area contributed by atoms with Gasteiger partial charge in [0.1, 0.15) is 0 Å². The molecule has 0 radical (unpaired) electrons. The molecule has 1 aliphatic carbocycles. The lowest BCUT2D eigenvalue weighted by molar-refractivity contribution is 0.0662. The molecule has 19 heavy (non-hydrogen) atoms. The number of hydrogen-bond acceptors (Lipinski definition) is 3. The molecule has 0 amide bonds. The summed E-state index contributed by atoms with van der Waals surface area (Å²) in [4.78, 5) is 0. The van der Waals surface area contributed by atoms with Crippen molar-refractivity contribution in [2.45, 2.75) is 51.1 Å². The van der Waals surface area contributed by atoms with E-state index in [2.05, 4.69) is 22.3 Å². The highest BCUT2D eigenvalue weighted by molar-refractivity contribution is 5.00. The van der Waals surface area contributed by atoms with Crippen LogP contribution in [0.3, 0.4) is 0 Å². The number of nitrogens with one attached hydrogen (secondary N) is 1. The number of hydrogen-bond donors (Lipinski definition) is 1. The maximum atomic E-state index is 5.38. The van der Waals surface area contributed by atoms with Crippen molar-refractivity contribution in [1.82, 2.24) is 15.1 Å². The predicted molar refractivity (Wildman–Crippen MR) is 75.0 cm³/mol. The zero-order valence-corrected chi connectivity index (χ0v) is 11.7. The first kappa shape index (κ1) is 13.1. The molecule has 4 nitrogen and oxygen atoms in total. The molecule has 2 fully saturated rings. The van der Waals surface area contributed by atoms with E-state index in [0.29, 0.717) is 6.04 Å². The Balaban J connectivity index is 1.42. The van der Waals surface area contributed by atoms with Crippen LogP contribution >= 0.6 is 0 Å². The molecule has 1 aromatic rings. The van der Waals surface area contributed by atoms with Crippen molar-refractivity contribution in [3.05, 3.63) is 18.0 Å². The van der Waals surface area contributed by atoms with Crippen molar-refractivity contribution in [2.24, 2.45) is 5.92 Å². The molecule has 0 unspecified atom stereocenters. The van der Waals surface area contributed by atoms with E-state index in [0.717, 1.165) is 32.2 Å². The van der Waals surface area contributed by atoms with Gasteiger partial charge in [-0.25, -0.2) is 0 Å². The summed E-state index contributed by atoms with van der Waals surface area (Å²) < 4.78 is 7.56. The maximum absolute atomic E-state index is 5.38. The lowest BCUT2D eigenvalue weighted by Crippen LogP contribution is -2.27. The first-order valence-corrected chi connectivity index (χ1v) is 7.74. The Morgan fingerprint density at radius 2 is 2.00 bits per heavy atom. The highest BCUT2D eigenvalue weighted by Gasteiger charge is 2.17. The van der Waals surface area contributed by atoms with Crippen LogP contribution in [0.4, 0.5) is 0 Å². The lowest BCUT2D eigenvalue weighted by atomic mass is 10.0. The summed E-state index contributed by atoms with van der Waals surface area (Å²) in [6.45, 7) is 3.86. The minimum Gasteiger partial charge on any atom is -0.381 e. The van der Waals surface area contributed by atoms with Crippen LogP contribution in [0.5, 0.6) is 0 Å². The highest BCUT2D eigenvalue weighted by atomic mass is 16.5. The van der Waals surface area contributed by atoms with Gasteiger partial charge in [0.2, 0.25) is 0 Å². The SMILES string of the molecule is c1cn(C2CCCC2)nc1CNCC1CCOCC1. The molecule has 3 rings (SSSR count). The molecule has 0 atom stereocenters. The molecule has 1 aliphatic heterocycles. The highest BCUT2D eigenvalue weighted by Crippen LogP contribution is 2.28. The zero-order chi connectivity index (χ0) is 12.9. The summed E-state index contributed by atoms with van der Waals surface area (Å²) in [6, 6.07) is 2.82. The Labute approximate surface area is 115 Å². The second kappa shape index (κ2) is 6.53.